The number of amides is 1. The molecule has 6 nitrogen and oxygen atoms in total. The fraction of sp³-hybridized carbons (Fsp3) is 0.429. The number of carbonyl (C=O) groups is 1. The van der Waals surface area contributed by atoms with Gasteiger partial charge < -0.3 is 20.8 Å². The molecule has 0 fully saturated rings. The minimum Gasteiger partial charge on any atom is -0.469 e. The Balaban J connectivity index is 1.92. The van der Waals surface area contributed by atoms with Crippen LogP contribution in [0.4, 0.5) is 10.9 Å². The molecular formula is C14H20N4O2S. The van der Waals surface area contributed by atoms with Crippen molar-refractivity contribution in [1.29, 1.82) is 0 Å². The first-order valence-electron chi connectivity index (χ1n) is 6.70. The van der Waals surface area contributed by atoms with Crippen molar-refractivity contribution in [1.82, 2.24) is 10.3 Å². The van der Waals surface area contributed by atoms with Crippen molar-refractivity contribution in [2.75, 3.05) is 17.6 Å². The van der Waals surface area contributed by atoms with Gasteiger partial charge in [-0.05, 0) is 32.9 Å². The van der Waals surface area contributed by atoms with Crippen molar-refractivity contribution in [3.63, 3.8) is 0 Å². The van der Waals surface area contributed by atoms with Crippen LogP contribution in [0.15, 0.2) is 22.8 Å². The summed E-state index contributed by atoms with van der Waals surface area (Å²) in [6.45, 7) is 6.56. The highest BCUT2D eigenvalue weighted by Crippen LogP contribution is 2.27. The number of carbonyl (C=O) groups excluding carboxylic acids is 1. The van der Waals surface area contributed by atoms with E-state index < -0.39 is 0 Å². The molecule has 2 aromatic rings. The van der Waals surface area contributed by atoms with Crippen LogP contribution in [0.3, 0.4) is 0 Å². The molecule has 21 heavy (non-hydrogen) atoms. The molecule has 0 bridgehead atoms. The summed E-state index contributed by atoms with van der Waals surface area (Å²) in [5.74, 6) is 0.878. The number of rotatable bonds is 5. The van der Waals surface area contributed by atoms with Crippen LogP contribution in [0.5, 0.6) is 0 Å². The lowest BCUT2D eigenvalue weighted by Crippen LogP contribution is -2.26. The maximum atomic E-state index is 12.1. The van der Waals surface area contributed by atoms with Crippen molar-refractivity contribution in [2.24, 2.45) is 0 Å². The largest absolute Gasteiger partial charge is 0.469 e. The van der Waals surface area contributed by atoms with E-state index in [-0.39, 0.29) is 17.3 Å². The fourth-order valence-electron chi connectivity index (χ4n) is 1.70. The SMILES string of the molecule is CC(C)(C)Nc1nc(N)c(C(=O)NCCc2ccco2)s1. The lowest BCUT2D eigenvalue weighted by atomic mass is 10.1. The zero-order chi connectivity index (χ0) is 15.5. The topological polar surface area (TPSA) is 93.2 Å². The molecule has 0 saturated heterocycles. The third-order valence-corrected chi connectivity index (χ3v) is 3.56. The van der Waals surface area contributed by atoms with Crippen LogP contribution in [0, 0.1) is 0 Å². The van der Waals surface area contributed by atoms with Gasteiger partial charge in [0, 0.05) is 18.5 Å². The Morgan fingerprint density at radius 1 is 1.48 bits per heavy atom. The number of hydrogen-bond donors (Lipinski definition) is 3. The van der Waals surface area contributed by atoms with Crippen LogP contribution in [0.25, 0.3) is 0 Å². The summed E-state index contributed by atoms with van der Waals surface area (Å²) < 4.78 is 5.21. The zero-order valence-electron chi connectivity index (χ0n) is 12.4. The molecule has 0 saturated carbocycles. The Morgan fingerprint density at radius 3 is 2.86 bits per heavy atom. The van der Waals surface area contributed by atoms with E-state index in [1.54, 1.807) is 6.26 Å². The number of aromatic nitrogens is 1. The molecule has 0 spiro atoms. The molecular weight excluding hydrogens is 288 g/mol. The molecule has 0 radical (unpaired) electrons. The number of nitrogens with zero attached hydrogens (tertiary/aromatic N) is 1. The standard InChI is InChI=1S/C14H20N4O2S/c1-14(2,3)18-13-17-11(15)10(21-13)12(19)16-7-6-9-5-4-8-20-9/h4-5,8H,6-7,15H2,1-3H3,(H,16,19)(H,17,18). The zero-order valence-corrected chi connectivity index (χ0v) is 13.2. The summed E-state index contributed by atoms with van der Waals surface area (Å²) in [6, 6.07) is 3.70. The highest BCUT2D eigenvalue weighted by atomic mass is 32.1. The van der Waals surface area contributed by atoms with Gasteiger partial charge in [-0.15, -0.1) is 0 Å². The van der Waals surface area contributed by atoms with Crippen molar-refractivity contribution in [3.8, 4) is 0 Å². The van der Waals surface area contributed by atoms with E-state index in [1.807, 2.05) is 32.9 Å². The second-order valence-corrected chi connectivity index (χ2v) is 6.69. The lowest BCUT2D eigenvalue weighted by molar-refractivity contribution is 0.0958. The normalized spacial score (nSPS) is 11.4. The van der Waals surface area contributed by atoms with Crippen LogP contribution >= 0.6 is 11.3 Å². The number of nitrogen functional groups attached to an aromatic ring is 1. The second-order valence-electron chi connectivity index (χ2n) is 5.69. The molecule has 0 unspecified atom stereocenters. The molecule has 4 N–H and O–H groups in total. The molecule has 2 aromatic heterocycles. The highest BCUT2D eigenvalue weighted by Gasteiger charge is 2.18. The van der Waals surface area contributed by atoms with Gasteiger partial charge in [0.05, 0.1) is 6.26 Å². The molecule has 0 aliphatic carbocycles. The molecule has 7 heteroatoms. The summed E-state index contributed by atoms with van der Waals surface area (Å²) in [5, 5.41) is 6.68. The van der Waals surface area contributed by atoms with Gasteiger partial charge in [0.2, 0.25) is 0 Å². The average molecular weight is 308 g/mol. The van der Waals surface area contributed by atoms with Gasteiger partial charge in [-0.2, -0.15) is 0 Å². The van der Waals surface area contributed by atoms with Crippen LogP contribution in [-0.4, -0.2) is 23.0 Å². The van der Waals surface area contributed by atoms with E-state index in [2.05, 4.69) is 15.6 Å². The molecule has 114 valence electrons. The maximum absolute atomic E-state index is 12.1. The van der Waals surface area contributed by atoms with Crippen molar-refractivity contribution >= 4 is 28.2 Å². The Morgan fingerprint density at radius 2 is 2.24 bits per heavy atom. The van der Waals surface area contributed by atoms with Crippen molar-refractivity contribution in [3.05, 3.63) is 29.0 Å². The van der Waals surface area contributed by atoms with Crippen LogP contribution in [0.1, 0.15) is 36.2 Å². The van der Waals surface area contributed by atoms with E-state index in [4.69, 9.17) is 10.2 Å². The van der Waals surface area contributed by atoms with E-state index in [0.29, 0.717) is 23.0 Å². The average Bonchev–Trinajstić information content (AvgIpc) is 2.97. The van der Waals surface area contributed by atoms with Crippen LogP contribution < -0.4 is 16.4 Å². The lowest BCUT2D eigenvalue weighted by Gasteiger charge is -2.19. The number of furan rings is 1. The van der Waals surface area contributed by atoms with Gasteiger partial charge in [0.15, 0.2) is 5.13 Å². The van der Waals surface area contributed by atoms with E-state index in [9.17, 15) is 4.79 Å². The Kier molecular flexibility index (Phi) is 4.52. The predicted molar refractivity (Wildman–Crippen MR) is 84.6 cm³/mol. The Bertz CT molecular complexity index is 599. The van der Waals surface area contributed by atoms with Crippen LogP contribution in [0.2, 0.25) is 0 Å². The van der Waals surface area contributed by atoms with Crippen molar-refractivity contribution in [2.45, 2.75) is 32.7 Å². The maximum Gasteiger partial charge on any atom is 0.265 e. The van der Waals surface area contributed by atoms with Crippen LogP contribution in [-0.2, 0) is 6.42 Å². The number of nitrogens with two attached hydrogens (primary N) is 1. The smallest absolute Gasteiger partial charge is 0.265 e. The highest BCUT2D eigenvalue weighted by molar-refractivity contribution is 7.18. The molecule has 0 atom stereocenters. The van der Waals surface area contributed by atoms with Gasteiger partial charge in [0.25, 0.3) is 5.91 Å². The van der Waals surface area contributed by atoms with Gasteiger partial charge in [-0.25, -0.2) is 4.98 Å². The van der Waals surface area contributed by atoms with Gasteiger partial charge in [-0.1, -0.05) is 11.3 Å². The van der Waals surface area contributed by atoms with Crippen molar-refractivity contribution < 1.29 is 9.21 Å². The summed E-state index contributed by atoms with van der Waals surface area (Å²) in [7, 11) is 0. The van der Waals surface area contributed by atoms with E-state index in [1.165, 1.54) is 11.3 Å². The first kappa shape index (κ1) is 15.4. The Labute approximate surface area is 127 Å². The second kappa shape index (κ2) is 6.17. The third-order valence-electron chi connectivity index (χ3n) is 2.58. The van der Waals surface area contributed by atoms with Gasteiger partial charge >= 0.3 is 0 Å². The molecule has 0 aromatic carbocycles. The number of thiazole rings is 1. The van der Waals surface area contributed by atoms with E-state index in [0.717, 1.165) is 5.76 Å². The minimum absolute atomic E-state index is 0.128. The third kappa shape index (κ3) is 4.49. The summed E-state index contributed by atoms with van der Waals surface area (Å²) in [4.78, 5) is 16.7. The van der Waals surface area contributed by atoms with E-state index >= 15 is 0 Å². The summed E-state index contributed by atoms with van der Waals surface area (Å²) >= 11 is 1.26. The number of nitrogens with one attached hydrogen (secondary N) is 2. The number of hydrogen-bond acceptors (Lipinski definition) is 6. The summed E-state index contributed by atoms with van der Waals surface area (Å²) in [5.41, 5.74) is 5.68. The monoisotopic (exact) mass is 308 g/mol. The molecule has 0 aliphatic heterocycles. The first-order chi connectivity index (χ1) is 9.85. The van der Waals surface area contributed by atoms with Gasteiger partial charge in [-0.3, -0.25) is 4.79 Å². The molecule has 2 heterocycles. The summed E-state index contributed by atoms with van der Waals surface area (Å²) in [6.07, 6.45) is 2.26. The Hall–Kier alpha value is -2.02. The fourth-order valence-corrected chi connectivity index (χ4v) is 2.71. The van der Waals surface area contributed by atoms with Gasteiger partial charge in [0.1, 0.15) is 16.5 Å². The quantitative estimate of drug-likeness (QED) is 0.789. The first-order valence-corrected chi connectivity index (χ1v) is 7.52. The molecule has 0 aliphatic rings. The number of anilines is 2. The molecule has 1 amide bonds. The predicted octanol–water partition coefficient (Wildman–Crippen LogP) is 2.50. The molecule has 2 rings (SSSR count). The minimum atomic E-state index is -0.210.